The van der Waals surface area contributed by atoms with Gasteiger partial charge in [0.05, 0.1) is 0 Å². The molecular weight excluding hydrogens is 184 g/mol. The highest BCUT2D eigenvalue weighted by atomic mass is 16.1. The molecule has 0 fully saturated rings. The van der Waals surface area contributed by atoms with Gasteiger partial charge in [-0.1, -0.05) is 50.0 Å². The zero-order chi connectivity index (χ0) is 11.2. The van der Waals surface area contributed by atoms with Crippen molar-refractivity contribution in [1.82, 2.24) is 0 Å². The summed E-state index contributed by atoms with van der Waals surface area (Å²) < 4.78 is 0. The fraction of sp³-hybridized carbons (Fsp3) is 0.643. The first-order valence-corrected chi connectivity index (χ1v) is 6.13. The van der Waals surface area contributed by atoms with E-state index in [1.54, 1.807) is 0 Å². The minimum atomic E-state index is 0.742. The molecule has 0 radical (unpaired) electrons. The maximum Gasteiger partial charge on any atom is 0.119 e. The zero-order valence-corrected chi connectivity index (χ0v) is 9.95. The molecule has 0 N–H and O–H groups in total. The second kappa shape index (κ2) is 13.2. The number of aldehydes is 1. The third-order valence-electron chi connectivity index (χ3n) is 2.38. The Bertz CT molecular complexity index is 180. The van der Waals surface area contributed by atoms with Crippen molar-refractivity contribution < 1.29 is 4.79 Å². The summed E-state index contributed by atoms with van der Waals surface area (Å²) in [4.78, 5) is 10.1. The van der Waals surface area contributed by atoms with E-state index in [2.05, 4.69) is 18.2 Å². The molecule has 15 heavy (non-hydrogen) atoms. The van der Waals surface area contributed by atoms with Crippen molar-refractivity contribution in [2.75, 3.05) is 0 Å². The SMILES string of the molecule is C/C=C/C=C/CCCCCCCCC=O. The summed E-state index contributed by atoms with van der Waals surface area (Å²) in [7, 11) is 0. The van der Waals surface area contributed by atoms with Crippen LogP contribution in [0.15, 0.2) is 24.3 Å². The summed E-state index contributed by atoms with van der Waals surface area (Å²) in [6, 6.07) is 0. The molecule has 0 unspecified atom stereocenters. The van der Waals surface area contributed by atoms with Crippen molar-refractivity contribution in [3.8, 4) is 0 Å². The molecule has 1 nitrogen and oxygen atoms in total. The lowest BCUT2D eigenvalue weighted by molar-refractivity contribution is -0.107. The van der Waals surface area contributed by atoms with Crippen LogP contribution in [-0.4, -0.2) is 6.29 Å². The Hall–Kier alpha value is -0.850. The Kier molecular flexibility index (Phi) is 12.4. The first-order chi connectivity index (χ1) is 7.41. The smallest absolute Gasteiger partial charge is 0.119 e. The topological polar surface area (TPSA) is 17.1 Å². The van der Waals surface area contributed by atoms with E-state index in [4.69, 9.17) is 0 Å². The quantitative estimate of drug-likeness (QED) is 0.295. The van der Waals surface area contributed by atoms with Gasteiger partial charge < -0.3 is 4.79 Å². The van der Waals surface area contributed by atoms with Gasteiger partial charge in [0, 0.05) is 6.42 Å². The van der Waals surface area contributed by atoms with Crippen LogP contribution in [0.25, 0.3) is 0 Å². The van der Waals surface area contributed by atoms with Gasteiger partial charge in [-0.05, 0) is 26.2 Å². The first kappa shape index (κ1) is 14.2. The van der Waals surface area contributed by atoms with Crippen LogP contribution in [-0.2, 0) is 4.79 Å². The molecule has 0 atom stereocenters. The molecule has 0 aliphatic rings. The lowest BCUT2D eigenvalue weighted by Gasteiger charge is -1.98. The molecule has 0 aliphatic heterocycles. The highest BCUT2D eigenvalue weighted by Gasteiger charge is 1.89. The molecule has 0 heterocycles. The van der Waals surface area contributed by atoms with E-state index in [1.165, 1.54) is 38.5 Å². The number of hydrogen-bond acceptors (Lipinski definition) is 1. The molecule has 0 amide bonds. The van der Waals surface area contributed by atoms with Crippen LogP contribution in [0.4, 0.5) is 0 Å². The third kappa shape index (κ3) is 13.2. The predicted molar refractivity (Wildman–Crippen MR) is 67.0 cm³/mol. The Morgan fingerprint density at radius 1 is 0.800 bits per heavy atom. The van der Waals surface area contributed by atoms with E-state index in [0.717, 1.165) is 19.1 Å². The highest BCUT2D eigenvalue weighted by molar-refractivity contribution is 5.48. The van der Waals surface area contributed by atoms with Crippen molar-refractivity contribution in [2.45, 2.75) is 58.3 Å². The molecule has 0 bridgehead atoms. The maximum atomic E-state index is 10.1. The molecule has 0 saturated carbocycles. The number of hydrogen-bond donors (Lipinski definition) is 0. The molecule has 0 rings (SSSR count). The standard InChI is InChI=1S/C14H24O/c1-2-3-4-5-6-7-8-9-10-11-12-13-14-15/h2-5,14H,6-13H2,1H3/b3-2+,5-4+. The largest absolute Gasteiger partial charge is 0.303 e. The van der Waals surface area contributed by atoms with E-state index in [1.807, 2.05) is 13.0 Å². The van der Waals surface area contributed by atoms with Crippen LogP contribution in [0.5, 0.6) is 0 Å². The summed E-state index contributed by atoms with van der Waals surface area (Å²) in [5.41, 5.74) is 0. The third-order valence-corrected chi connectivity index (χ3v) is 2.38. The van der Waals surface area contributed by atoms with E-state index < -0.39 is 0 Å². The van der Waals surface area contributed by atoms with Gasteiger partial charge in [-0.3, -0.25) is 0 Å². The van der Waals surface area contributed by atoms with Gasteiger partial charge in [-0.25, -0.2) is 0 Å². The van der Waals surface area contributed by atoms with Crippen molar-refractivity contribution >= 4 is 6.29 Å². The van der Waals surface area contributed by atoms with Gasteiger partial charge in [0.1, 0.15) is 6.29 Å². The van der Waals surface area contributed by atoms with Crippen LogP contribution < -0.4 is 0 Å². The summed E-state index contributed by atoms with van der Waals surface area (Å²) in [5.74, 6) is 0. The molecule has 0 aromatic rings. The minimum absolute atomic E-state index is 0.742. The Labute approximate surface area is 94.3 Å². The van der Waals surface area contributed by atoms with Crippen molar-refractivity contribution in [1.29, 1.82) is 0 Å². The first-order valence-electron chi connectivity index (χ1n) is 6.13. The lowest BCUT2D eigenvalue weighted by Crippen LogP contribution is -1.80. The van der Waals surface area contributed by atoms with Gasteiger partial charge in [-0.15, -0.1) is 0 Å². The molecule has 0 spiro atoms. The van der Waals surface area contributed by atoms with Gasteiger partial charge in [-0.2, -0.15) is 0 Å². The van der Waals surface area contributed by atoms with Gasteiger partial charge in [0.15, 0.2) is 0 Å². The number of carbonyl (C=O) groups excluding carboxylic acids is 1. The van der Waals surface area contributed by atoms with E-state index in [0.29, 0.717) is 0 Å². The molecule has 0 aromatic heterocycles. The monoisotopic (exact) mass is 208 g/mol. The molecule has 0 aliphatic carbocycles. The normalized spacial score (nSPS) is 11.5. The maximum absolute atomic E-state index is 10.1. The lowest BCUT2D eigenvalue weighted by atomic mass is 10.1. The van der Waals surface area contributed by atoms with Crippen molar-refractivity contribution in [3.63, 3.8) is 0 Å². The molecule has 1 heteroatoms. The summed E-state index contributed by atoms with van der Waals surface area (Å²) in [5, 5.41) is 0. The van der Waals surface area contributed by atoms with E-state index in [-0.39, 0.29) is 0 Å². The van der Waals surface area contributed by atoms with Gasteiger partial charge in [0.2, 0.25) is 0 Å². The average molecular weight is 208 g/mol. The number of unbranched alkanes of at least 4 members (excludes halogenated alkanes) is 7. The Morgan fingerprint density at radius 2 is 1.40 bits per heavy atom. The number of rotatable bonds is 10. The van der Waals surface area contributed by atoms with Gasteiger partial charge >= 0.3 is 0 Å². The minimum Gasteiger partial charge on any atom is -0.303 e. The molecular formula is C14H24O. The summed E-state index contributed by atoms with van der Waals surface area (Å²) >= 11 is 0. The molecule has 86 valence electrons. The van der Waals surface area contributed by atoms with Crippen molar-refractivity contribution in [2.24, 2.45) is 0 Å². The fourth-order valence-corrected chi connectivity index (χ4v) is 1.48. The second-order valence-corrected chi connectivity index (χ2v) is 3.82. The summed E-state index contributed by atoms with van der Waals surface area (Å²) in [6.07, 6.45) is 18.9. The van der Waals surface area contributed by atoms with Crippen LogP contribution in [0.1, 0.15) is 58.3 Å². The Morgan fingerprint density at radius 3 is 2.00 bits per heavy atom. The number of carbonyl (C=O) groups is 1. The molecule has 0 saturated heterocycles. The predicted octanol–water partition coefficient (Wildman–Crippen LogP) is 4.44. The summed E-state index contributed by atoms with van der Waals surface area (Å²) in [6.45, 7) is 2.03. The highest BCUT2D eigenvalue weighted by Crippen LogP contribution is 2.08. The fourth-order valence-electron chi connectivity index (χ4n) is 1.48. The van der Waals surface area contributed by atoms with Crippen LogP contribution in [0, 0.1) is 0 Å². The van der Waals surface area contributed by atoms with Crippen molar-refractivity contribution in [3.05, 3.63) is 24.3 Å². The molecule has 0 aromatic carbocycles. The average Bonchev–Trinajstić information content (AvgIpc) is 2.26. The van der Waals surface area contributed by atoms with Crippen LogP contribution in [0.3, 0.4) is 0 Å². The second-order valence-electron chi connectivity index (χ2n) is 3.82. The van der Waals surface area contributed by atoms with Crippen LogP contribution >= 0.6 is 0 Å². The Balaban J connectivity index is 3.01. The number of allylic oxidation sites excluding steroid dienone is 4. The van der Waals surface area contributed by atoms with Crippen LogP contribution in [0.2, 0.25) is 0 Å². The van der Waals surface area contributed by atoms with E-state index >= 15 is 0 Å². The zero-order valence-electron chi connectivity index (χ0n) is 9.95. The van der Waals surface area contributed by atoms with E-state index in [9.17, 15) is 4.79 Å². The van der Waals surface area contributed by atoms with Gasteiger partial charge in [0.25, 0.3) is 0 Å².